The van der Waals surface area contributed by atoms with E-state index in [0.717, 1.165) is 16.8 Å². The van der Waals surface area contributed by atoms with Gasteiger partial charge in [0.1, 0.15) is 6.04 Å². The molecule has 4 rings (SSSR count). The van der Waals surface area contributed by atoms with Crippen LogP contribution >= 0.6 is 11.6 Å². The van der Waals surface area contributed by atoms with Crippen LogP contribution in [-0.4, -0.2) is 46.1 Å². The van der Waals surface area contributed by atoms with Crippen molar-refractivity contribution in [2.45, 2.75) is 18.9 Å². The molecule has 0 bridgehead atoms. The molecule has 9 nitrogen and oxygen atoms in total. The molecule has 0 fully saturated rings. The molecule has 12 heteroatoms. The standard InChI is InChI=1S/C29H22ClF2N3O6/c1-41-28-22(21-14-18(30)9-12-20(21)25(37)26(31)32)15-24(36)35(34-28)23(13-16-5-3-2-4-6-16)27(38)33-19-10-7-17(8-11-19)29(39)40/h2-12,14-15,23,26H,13H2,1H3,(H,33,38)(H,39,40)/t23-/m0/s1. The summed E-state index contributed by atoms with van der Waals surface area (Å²) in [7, 11) is 1.23. The van der Waals surface area contributed by atoms with Crippen LogP contribution in [-0.2, 0) is 11.2 Å². The highest BCUT2D eigenvalue weighted by Crippen LogP contribution is 2.33. The number of rotatable bonds is 10. The van der Waals surface area contributed by atoms with E-state index in [1.807, 2.05) is 0 Å². The van der Waals surface area contributed by atoms with Gasteiger partial charge in [0.25, 0.3) is 5.56 Å². The Bertz CT molecular complexity index is 1660. The first kappa shape index (κ1) is 29.1. The second kappa shape index (κ2) is 12.5. The Kier molecular flexibility index (Phi) is 8.88. The van der Waals surface area contributed by atoms with Gasteiger partial charge in [-0.2, -0.15) is 0 Å². The number of hydrogen-bond acceptors (Lipinski definition) is 6. The Morgan fingerprint density at radius 2 is 1.68 bits per heavy atom. The van der Waals surface area contributed by atoms with Gasteiger partial charge in [0.2, 0.25) is 17.6 Å². The van der Waals surface area contributed by atoms with Crippen LogP contribution in [0.3, 0.4) is 0 Å². The minimum atomic E-state index is -3.31. The molecular weight excluding hydrogens is 560 g/mol. The number of benzene rings is 3. The van der Waals surface area contributed by atoms with E-state index in [9.17, 15) is 28.0 Å². The Morgan fingerprint density at radius 1 is 1.00 bits per heavy atom. The summed E-state index contributed by atoms with van der Waals surface area (Å²) in [6, 6.07) is 17.7. The molecule has 41 heavy (non-hydrogen) atoms. The molecule has 0 saturated carbocycles. The molecule has 1 aromatic heterocycles. The van der Waals surface area contributed by atoms with Crippen molar-refractivity contribution in [2.24, 2.45) is 0 Å². The van der Waals surface area contributed by atoms with Crippen LogP contribution in [0.15, 0.2) is 83.7 Å². The molecule has 1 heterocycles. The van der Waals surface area contributed by atoms with Crippen LogP contribution < -0.4 is 15.6 Å². The molecule has 0 aliphatic carbocycles. The molecule has 1 atom stereocenters. The number of hydrogen-bond donors (Lipinski definition) is 2. The van der Waals surface area contributed by atoms with Crippen molar-refractivity contribution in [2.75, 3.05) is 12.4 Å². The van der Waals surface area contributed by atoms with E-state index in [0.29, 0.717) is 5.56 Å². The summed E-state index contributed by atoms with van der Waals surface area (Å²) in [5.74, 6) is -3.46. The van der Waals surface area contributed by atoms with E-state index in [2.05, 4.69) is 10.4 Å². The quantitative estimate of drug-likeness (QED) is 0.248. The van der Waals surface area contributed by atoms with Gasteiger partial charge in [0.05, 0.1) is 18.2 Å². The lowest BCUT2D eigenvalue weighted by Crippen LogP contribution is -2.36. The lowest BCUT2D eigenvalue weighted by atomic mass is 9.98. The smallest absolute Gasteiger partial charge is 0.335 e. The summed E-state index contributed by atoms with van der Waals surface area (Å²) in [6.07, 6.45) is -3.28. The van der Waals surface area contributed by atoms with Gasteiger partial charge in [-0.1, -0.05) is 41.9 Å². The summed E-state index contributed by atoms with van der Waals surface area (Å²) in [4.78, 5) is 50.3. The summed E-state index contributed by atoms with van der Waals surface area (Å²) in [5, 5.41) is 16.1. The number of carboxylic acids is 1. The lowest BCUT2D eigenvalue weighted by molar-refractivity contribution is -0.119. The summed E-state index contributed by atoms with van der Waals surface area (Å²) in [5.41, 5.74) is -0.317. The average Bonchev–Trinajstić information content (AvgIpc) is 2.96. The van der Waals surface area contributed by atoms with E-state index < -0.39 is 35.7 Å². The Labute approximate surface area is 237 Å². The number of carbonyl (C=O) groups is 3. The van der Waals surface area contributed by atoms with Crippen molar-refractivity contribution in [3.8, 4) is 17.0 Å². The van der Waals surface area contributed by atoms with Gasteiger partial charge in [-0.15, -0.1) is 5.10 Å². The number of methoxy groups -OCH3 is 1. The van der Waals surface area contributed by atoms with Gasteiger partial charge in [0, 0.05) is 28.8 Å². The van der Waals surface area contributed by atoms with E-state index in [4.69, 9.17) is 21.4 Å². The number of ether oxygens (including phenoxy) is 1. The lowest BCUT2D eigenvalue weighted by Gasteiger charge is -2.20. The predicted octanol–water partition coefficient (Wildman–Crippen LogP) is 5.14. The molecule has 0 unspecified atom stereocenters. The zero-order chi connectivity index (χ0) is 29.7. The fraction of sp³-hybridized carbons (Fsp3) is 0.138. The number of nitrogens with one attached hydrogen (secondary N) is 1. The number of halogens is 3. The van der Waals surface area contributed by atoms with E-state index in [-0.39, 0.29) is 45.3 Å². The van der Waals surface area contributed by atoms with Gasteiger partial charge >= 0.3 is 12.4 Å². The third-order valence-corrected chi connectivity index (χ3v) is 6.36. The van der Waals surface area contributed by atoms with Crippen LogP contribution in [0.4, 0.5) is 14.5 Å². The number of carboxylic acid groups (broad SMARTS) is 1. The molecule has 3 aromatic carbocycles. The van der Waals surface area contributed by atoms with E-state index >= 15 is 0 Å². The average molecular weight is 582 g/mol. The number of amides is 1. The van der Waals surface area contributed by atoms with Gasteiger partial charge in [0.15, 0.2) is 0 Å². The second-order valence-corrected chi connectivity index (χ2v) is 9.22. The number of Topliss-reactive ketones (excluding diaryl/α,β-unsaturated/α-hetero) is 1. The van der Waals surface area contributed by atoms with Crippen molar-refractivity contribution in [1.82, 2.24) is 9.78 Å². The topological polar surface area (TPSA) is 128 Å². The molecular formula is C29H22ClF2N3O6. The fourth-order valence-electron chi connectivity index (χ4n) is 4.14. The molecule has 0 aliphatic heterocycles. The molecule has 0 saturated heterocycles. The summed E-state index contributed by atoms with van der Waals surface area (Å²) >= 11 is 6.08. The Balaban J connectivity index is 1.80. The number of carbonyl (C=O) groups excluding carboxylic acids is 2. The minimum absolute atomic E-state index is 0.0211. The van der Waals surface area contributed by atoms with Gasteiger partial charge in [-0.05, 0) is 53.6 Å². The first-order valence-electron chi connectivity index (χ1n) is 12.1. The monoisotopic (exact) mass is 581 g/mol. The molecule has 0 radical (unpaired) electrons. The Morgan fingerprint density at radius 3 is 2.29 bits per heavy atom. The molecule has 2 N–H and O–H groups in total. The van der Waals surface area contributed by atoms with Crippen molar-refractivity contribution < 1.29 is 33.0 Å². The molecule has 210 valence electrons. The summed E-state index contributed by atoms with van der Waals surface area (Å²) < 4.78 is 32.9. The zero-order valence-electron chi connectivity index (χ0n) is 21.4. The highest BCUT2D eigenvalue weighted by Gasteiger charge is 2.28. The summed E-state index contributed by atoms with van der Waals surface area (Å²) in [6.45, 7) is 0. The zero-order valence-corrected chi connectivity index (χ0v) is 22.1. The number of nitrogens with zero attached hydrogens (tertiary/aromatic N) is 2. The number of aromatic nitrogens is 2. The van der Waals surface area contributed by atoms with Crippen LogP contribution in [0.5, 0.6) is 5.88 Å². The van der Waals surface area contributed by atoms with Gasteiger partial charge in [-0.25, -0.2) is 18.3 Å². The highest BCUT2D eigenvalue weighted by molar-refractivity contribution is 6.31. The molecule has 0 spiro atoms. The van der Waals surface area contributed by atoms with Crippen molar-refractivity contribution in [3.05, 3.63) is 111 Å². The number of aromatic carboxylic acids is 1. The third kappa shape index (κ3) is 6.64. The molecule has 1 amide bonds. The van der Waals surface area contributed by atoms with Crippen LogP contribution in [0.25, 0.3) is 11.1 Å². The van der Waals surface area contributed by atoms with Gasteiger partial charge < -0.3 is 15.2 Å². The van der Waals surface area contributed by atoms with Crippen LogP contribution in [0.2, 0.25) is 5.02 Å². The van der Waals surface area contributed by atoms with E-state index in [1.54, 1.807) is 30.3 Å². The van der Waals surface area contributed by atoms with Crippen LogP contribution in [0, 0.1) is 0 Å². The first-order chi connectivity index (χ1) is 19.6. The first-order valence-corrected chi connectivity index (χ1v) is 12.4. The number of ketones is 1. The van der Waals surface area contributed by atoms with Crippen molar-refractivity contribution >= 4 is 34.9 Å². The second-order valence-electron chi connectivity index (χ2n) is 8.78. The SMILES string of the molecule is COc1nn([C@@H](Cc2ccccc2)C(=O)Nc2ccc(C(=O)O)cc2)c(=O)cc1-c1cc(Cl)ccc1C(=O)C(F)F. The van der Waals surface area contributed by atoms with E-state index in [1.165, 1.54) is 43.5 Å². The largest absolute Gasteiger partial charge is 0.480 e. The number of anilines is 1. The predicted molar refractivity (Wildman–Crippen MR) is 147 cm³/mol. The van der Waals surface area contributed by atoms with Gasteiger partial charge in [-0.3, -0.25) is 14.4 Å². The normalized spacial score (nSPS) is 11.6. The fourth-order valence-corrected chi connectivity index (χ4v) is 4.31. The maximum Gasteiger partial charge on any atom is 0.335 e. The minimum Gasteiger partial charge on any atom is -0.480 e. The Hall–Kier alpha value is -4.90. The van der Waals surface area contributed by atoms with Crippen molar-refractivity contribution in [1.29, 1.82) is 0 Å². The third-order valence-electron chi connectivity index (χ3n) is 6.12. The maximum absolute atomic E-state index is 13.5. The molecule has 4 aromatic rings. The van der Waals surface area contributed by atoms with Crippen LogP contribution in [0.1, 0.15) is 32.3 Å². The maximum atomic E-state index is 13.5. The molecule has 0 aliphatic rings. The number of alkyl halides is 2. The highest BCUT2D eigenvalue weighted by atomic mass is 35.5. The van der Waals surface area contributed by atoms with Crippen molar-refractivity contribution in [3.63, 3.8) is 0 Å².